The SMILES string of the molecule is N#CC(Nc1ccccc1F)c1cccc(F)c1. The molecule has 0 saturated heterocycles. The summed E-state index contributed by atoms with van der Waals surface area (Å²) in [7, 11) is 0. The Morgan fingerprint density at radius 2 is 1.83 bits per heavy atom. The third kappa shape index (κ3) is 2.64. The van der Waals surface area contributed by atoms with Gasteiger partial charge in [0.15, 0.2) is 0 Å². The van der Waals surface area contributed by atoms with Gasteiger partial charge in [-0.2, -0.15) is 5.26 Å². The Balaban J connectivity index is 2.26. The molecule has 2 aromatic rings. The second-order valence-electron chi connectivity index (χ2n) is 3.74. The molecule has 2 aromatic carbocycles. The largest absolute Gasteiger partial charge is 0.364 e. The third-order valence-electron chi connectivity index (χ3n) is 2.48. The van der Waals surface area contributed by atoms with E-state index in [1.54, 1.807) is 18.2 Å². The van der Waals surface area contributed by atoms with Gasteiger partial charge in [0, 0.05) is 0 Å². The molecule has 0 aromatic heterocycles. The Morgan fingerprint density at radius 1 is 1.06 bits per heavy atom. The molecule has 2 nitrogen and oxygen atoms in total. The van der Waals surface area contributed by atoms with E-state index in [4.69, 9.17) is 5.26 Å². The fraction of sp³-hybridized carbons (Fsp3) is 0.0714. The van der Waals surface area contributed by atoms with Gasteiger partial charge >= 0.3 is 0 Å². The molecule has 0 bridgehead atoms. The number of nitrogens with zero attached hydrogens (tertiary/aromatic N) is 1. The lowest BCUT2D eigenvalue weighted by molar-refractivity contribution is 0.623. The average molecular weight is 244 g/mol. The van der Waals surface area contributed by atoms with Crippen LogP contribution in [0.15, 0.2) is 48.5 Å². The number of nitriles is 1. The number of para-hydroxylation sites is 1. The van der Waals surface area contributed by atoms with Gasteiger partial charge in [-0.05, 0) is 29.8 Å². The van der Waals surface area contributed by atoms with Crippen LogP contribution in [0.1, 0.15) is 11.6 Å². The van der Waals surface area contributed by atoms with E-state index in [1.807, 2.05) is 6.07 Å². The van der Waals surface area contributed by atoms with Crippen LogP contribution in [0.3, 0.4) is 0 Å². The third-order valence-corrected chi connectivity index (χ3v) is 2.48. The first-order valence-corrected chi connectivity index (χ1v) is 5.37. The highest BCUT2D eigenvalue weighted by Crippen LogP contribution is 2.21. The summed E-state index contributed by atoms with van der Waals surface area (Å²) in [6.45, 7) is 0. The molecular formula is C14H10F2N2. The lowest BCUT2D eigenvalue weighted by Crippen LogP contribution is -2.09. The van der Waals surface area contributed by atoms with E-state index < -0.39 is 17.7 Å². The van der Waals surface area contributed by atoms with Crippen LogP contribution in [0, 0.1) is 23.0 Å². The molecule has 1 atom stereocenters. The molecule has 2 rings (SSSR count). The predicted octanol–water partition coefficient (Wildman–Crippen LogP) is 3.64. The minimum atomic E-state index is -0.794. The smallest absolute Gasteiger partial charge is 0.146 e. The molecule has 90 valence electrons. The van der Waals surface area contributed by atoms with Crippen LogP contribution in [0.4, 0.5) is 14.5 Å². The van der Waals surface area contributed by atoms with Crippen molar-refractivity contribution < 1.29 is 8.78 Å². The molecule has 1 N–H and O–H groups in total. The second kappa shape index (κ2) is 5.28. The van der Waals surface area contributed by atoms with Gasteiger partial charge in [-0.15, -0.1) is 0 Å². The Bertz CT molecular complexity index is 590. The van der Waals surface area contributed by atoms with E-state index >= 15 is 0 Å². The van der Waals surface area contributed by atoms with Crippen molar-refractivity contribution in [2.45, 2.75) is 6.04 Å². The Kier molecular flexibility index (Phi) is 3.54. The van der Waals surface area contributed by atoms with Gasteiger partial charge in [-0.25, -0.2) is 8.78 Å². The predicted molar refractivity (Wildman–Crippen MR) is 64.8 cm³/mol. The van der Waals surface area contributed by atoms with Gasteiger partial charge in [-0.1, -0.05) is 24.3 Å². The zero-order valence-corrected chi connectivity index (χ0v) is 9.40. The van der Waals surface area contributed by atoms with Crippen molar-refractivity contribution in [3.63, 3.8) is 0 Å². The van der Waals surface area contributed by atoms with Crippen LogP contribution >= 0.6 is 0 Å². The van der Waals surface area contributed by atoms with Gasteiger partial charge in [0.05, 0.1) is 11.8 Å². The molecule has 0 radical (unpaired) electrons. The fourth-order valence-electron chi connectivity index (χ4n) is 1.61. The summed E-state index contributed by atoms with van der Waals surface area (Å²) >= 11 is 0. The molecule has 0 aliphatic carbocycles. The molecule has 0 saturated carbocycles. The molecule has 0 fully saturated rings. The number of hydrogen-bond acceptors (Lipinski definition) is 2. The van der Waals surface area contributed by atoms with Crippen LogP contribution in [0.25, 0.3) is 0 Å². The maximum atomic E-state index is 13.4. The van der Waals surface area contributed by atoms with E-state index in [9.17, 15) is 8.78 Å². The monoisotopic (exact) mass is 244 g/mol. The van der Waals surface area contributed by atoms with Crippen molar-refractivity contribution in [1.29, 1.82) is 5.26 Å². The first-order chi connectivity index (χ1) is 8.70. The Morgan fingerprint density at radius 3 is 2.50 bits per heavy atom. The van der Waals surface area contributed by atoms with Crippen molar-refractivity contribution in [1.82, 2.24) is 0 Å². The highest BCUT2D eigenvalue weighted by Gasteiger charge is 2.12. The standard InChI is InChI=1S/C14H10F2N2/c15-11-5-3-4-10(8-11)14(9-17)18-13-7-2-1-6-12(13)16/h1-8,14,18H. The molecule has 1 unspecified atom stereocenters. The first kappa shape index (κ1) is 12.1. The highest BCUT2D eigenvalue weighted by atomic mass is 19.1. The summed E-state index contributed by atoms with van der Waals surface area (Å²) in [5.74, 6) is -0.878. The fourth-order valence-corrected chi connectivity index (χ4v) is 1.61. The van der Waals surface area contributed by atoms with Crippen molar-refractivity contribution >= 4 is 5.69 Å². The van der Waals surface area contributed by atoms with E-state index in [1.165, 1.54) is 30.3 Å². The van der Waals surface area contributed by atoms with E-state index in [0.717, 1.165) is 0 Å². The maximum Gasteiger partial charge on any atom is 0.146 e. The topological polar surface area (TPSA) is 35.8 Å². The number of nitrogens with one attached hydrogen (secondary N) is 1. The van der Waals surface area contributed by atoms with Gasteiger partial charge in [0.2, 0.25) is 0 Å². The number of benzene rings is 2. The number of halogens is 2. The van der Waals surface area contributed by atoms with Crippen LogP contribution < -0.4 is 5.32 Å². The maximum absolute atomic E-state index is 13.4. The second-order valence-corrected chi connectivity index (χ2v) is 3.74. The van der Waals surface area contributed by atoms with Crippen molar-refractivity contribution in [3.8, 4) is 6.07 Å². The minimum Gasteiger partial charge on any atom is -0.364 e. The lowest BCUT2D eigenvalue weighted by atomic mass is 10.1. The summed E-state index contributed by atoms with van der Waals surface area (Å²) in [6, 6.07) is 12.9. The summed E-state index contributed by atoms with van der Waals surface area (Å²) in [6.07, 6.45) is 0. The van der Waals surface area contributed by atoms with E-state index in [0.29, 0.717) is 5.56 Å². The zero-order valence-electron chi connectivity index (χ0n) is 9.40. The van der Waals surface area contributed by atoms with Crippen LogP contribution in [0.2, 0.25) is 0 Å². The van der Waals surface area contributed by atoms with Crippen LogP contribution in [-0.2, 0) is 0 Å². The molecule has 0 amide bonds. The van der Waals surface area contributed by atoms with Gasteiger partial charge < -0.3 is 5.32 Å². The van der Waals surface area contributed by atoms with Crippen LogP contribution in [0.5, 0.6) is 0 Å². The highest BCUT2D eigenvalue weighted by molar-refractivity contribution is 5.48. The van der Waals surface area contributed by atoms with Crippen molar-refractivity contribution in [2.24, 2.45) is 0 Å². The molecule has 0 heterocycles. The molecule has 18 heavy (non-hydrogen) atoms. The minimum absolute atomic E-state index is 0.216. The number of rotatable bonds is 3. The van der Waals surface area contributed by atoms with E-state index in [2.05, 4.69) is 5.32 Å². The number of anilines is 1. The first-order valence-electron chi connectivity index (χ1n) is 5.37. The molecular weight excluding hydrogens is 234 g/mol. The van der Waals surface area contributed by atoms with Gasteiger partial charge in [-0.3, -0.25) is 0 Å². The lowest BCUT2D eigenvalue weighted by Gasteiger charge is -2.13. The molecule has 0 aliphatic rings. The Hall–Kier alpha value is -2.41. The quantitative estimate of drug-likeness (QED) is 0.894. The zero-order chi connectivity index (χ0) is 13.0. The van der Waals surface area contributed by atoms with Crippen molar-refractivity contribution in [2.75, 3.05) is 5.32 Å². The summed E-state index contributed by atoms with van der Waals surface area (Å²) in [5, 5.41) is 11.8. The average Bonchev–Trinajstić information content (AvgIpc) is 2.38. The molecule has 4 heteroatoms. The molecule has 0 spiro atoms. The van der Waals surface area contributed by atoms with E-state index in [-0.39, 0.29) is 5.69 Å². The summed E-state index contributed by atoms with van der Waals surface area (Å²) < 4.78 is 26.5. The number of hydrogen-bond donors (Lipinski definition) is 1. The Labute approximate surface area is 103 Å². The van der Waals surface area contributed by atoms with Crippen LogP contribution in [-0.4, -0.2) is 0 Å². The molecule has 0 aliphatic heterocycles. The summed E-state index contributed by atoms with van der Waals surface area (Å²) in [5.41, 5.74) is 0.675. The van der Waals surface area contributed by atoms with Crippen molar-refractivity contribution in [3.05, 3.63) is 65.7 Å². The normalized spacial score (nSPS) is 11.6. The van der Waals surface area contributed by atoms with Gasteiger partial charge in [0.1, 0.15) is 17.7 Å². The summed E-state index contributed by atoms with van der Waals surface area (Å²) in [4.78, 5) is 0. The van der Waals surface area contributed by atoms with Gasteiger partial charge in [0.25, 0.3) is 0 Å².